The average Bonchev–Trinajstić information content (AvgIpc) is 2.59. The highest BCUT2D eigenvalue weighted by atomic mass is 32.2. The lowest BCUT2D eigenvalue weighted by molar-refractivity contribution is 0.154. The van der Waals surface area contributed by atoms with Gasteiger partial charge in [-0.2, -0.15) is 8.42 Å². The molecule has 0 N–H and O–H groups in total. The molecule has 0 unspecified atom stereocenters. The van der Waals surface area contributed by atoms with Gasteiger partial charge in [0, 0.05) is 6.07 Å². The summed E-state index contributed by atoms with van der Waals surface area (Å²) in [5, 5.41) is 0.200. The van der Waals surface area contributed by atoms with Crippen LogP contribution in [0.25, 0.3) is 0 Å². The van der Waals surface area contributed by atoms with Crippen molar-refractivity contribution in [1.82, 2.24) is 0 Å². The van der Waals surface area contributed by atoms with Crippen molar-refractivity contribution in [3.63, 3.8) is 0 Å². The first kappa shape index (κ1) is 28.4. The molecule has 0 spiro atoms. The van der Waals surface area contributed by atoms with E-state index in [1.54, 1.807) is 0 Å². The molecule has 0 atom stereocenters. The predicted molar refractivity (Wildman–Crippen MR) is 143 cm³/mol. The van der Waals surface area contributed by atoms with Gasteiger partial charge in [0.05, 0.1) is 12.4 Å². The molecule has 1 fully saturated rings. The first-order valence-electron chi connectivity index (χ1n) is 12.1. The molecule has 0 aliphatic heterocycles. The minimum atomic E-state index is -3.42. The Hall–Kier alpha value is -0.836. The molecule has 1 aliphatic carbocycles. The lowest BCUT2D eigenvalue weighted by Gasteiger charge is -2.39. The fraction of sp³-hybridized carbons (Fsp3) is 0.760. The van der Waals surface area contributed by atoms with Crippen LogP contribution >= 0.6 is 0 Å². The molecule has 0 saturated heterocycles. The van der Waals surface area contributed by atoms with Crippen molar-refractivity contribution in [2.45, 2.75) is 116 Å². The Labute approximate surface area is 205 Å². The van der Waals surface area contributed by atoms with E-state index in [2.05, 4.69) is 85.9 Å². The Balaban J connectivity index is 2.36. The second-order valence-corrected chi connectivity index (χ2v) is 23.7. The van der Waals surface area contributed by atoms with E-state index in [1.807, 2.05) is 0 Å². The normalized spacial score (nSPS) is 21.1. The van der Waals surface area contributed by atoms with Gasteiger partial charge < -0.3 is 8.85 Å². The summed E-state index contributed by atoms with van der Waals surface area (Å²) in [6, 6.07) is 6.37. The lowest BCUT2D eigenvalue weighted by atomic mass is 9.82. The molecule has 0 radical (unpaired) electrons. The number of benzene rings is 1. The van der Waals surface area contributed by atoms with E-state index in [1.165, 1.54) is 5.56 Å². The minimum absolute atomic E-state index is 0.0849. The highest BCUT2D eigenvalue weighted by Gasteiger charge is 2.41. The zero-order valence-corrected chi connectivity index (χ0v) is 25.5. The monoisotopic (exact) mass is 514 g/mol. The summed E-state index contributed by atoms with van der Waals surface area (Å²) in [6.45, 7) is 22.6. The van der Waals surface area contributed by atoms with Gasteiger partial charge >= 0.3 is 0 Å². The van der Waals surface area contributed by atoms with Gasteiger partial charge in [-0.25, -0.2) is 0 Å². The summed E-state index contributed by atoms with van der Waals surface area (Å²) in [6.07, 6.45) is 4.15. The van der Waals surface area contributed by atoms with Crippen molar-refractivity contribution in [2.24, 2.45) is 0 Å². The van der Waals surface area contributed by atoms with Crippen molar-refractivity contribution in [1.29, 1.82) is 0 Å². The van der Waals surface area contributed by atoms with E-state index in [0.717, 1.165) is 43.4 Å². The van der Waals surface area contributed by atoms with E-state index in [-0.39, 0.29) is 16.2 Å². The van der Waals surface area contributed by atoms with Gasteiger partial charge in [-0.3, -0.25) is 4.18 Å². The summed E-state index contributed by atoms with van der Waals surface area (Å²) in [7, 11) is -7.44. The summed E-state index contributed by atoms with van der Waals surface area (Å²) in [5.74, 6) is 2.14. The van der Waals surface area contributed by atoms with Crippen LogP contribution in [0.2, 0.25) is 36.3 Å². The van der Waals surface area contributed by atoms with E-state index >= 15 is 0 Å². The van der Waals surface area contributed by atoms with Crippen molar-refractivity contribution in [2.75, 3.05) is 6.26 Å². The first-order valence-corrected chi connectivity index (χ1v) is 19.8. The predicted octanol–water partition coefficient (Wildman–Crippen LogP) is 7.46. The Morgan fingerprint density at radius 2 is 1.30 bits per heavy atom. The summed E-state index contributed by atoms with van der Waals surface area (Å²) >= 11 is 0. The molecule has 0 heterocycles. The fourth-order valence-electron chi connectivity index (χ4n) is 3.60. The van der Waals surface area contributed by atoms with Crippen LogP contribution in [0.4, 0.5) is 0 Å². The van der Waals surface area contributed by atoms with E-state index in [9.17, 15) is 8.42 Å². The van der Waals surface area contributed by atoms with E-state index in [0.29, 0.717) is 5.92 Å². The van der Waals surface area contributed by atoms with Gasteiger partial charge in [0.2, 0.25) is 16.6 Å². The standard InChI is InChI=1S/C25H46O5SSi2/c1-24(2,3)32(8,9)29-21-16-17-22(23(18-21)30-33(10,11)25(4,5)6)19-12-14-20(15-13-19)28-31(7,26)27/h16-20H,12-15H2,1-11H3. The van der Waals surface area contributed by atoms with Crippen molar-refractivity contribution >= 4 is 26.8 Å². The van der Waals surface area contributed by atoms with Crippen LogP contribution in [-0.4, -0.2) is 37.4 Å². The SMILES string of the molecule is CC(C)(C)[Si](C)(C)Oc1ccc(C2CCC(OS(C)(=O)=O)CC2)c(O[Si](C)(C)C(C)(C)C)c1. The van der Waals surface area contributed by atoms with Crippen LogP contribution in [0.1, 0.15) is 78.7 Å². The molecule has 33 heavy (non-hydrogen) atoms. The third-order valence-corrected chi connectivity index (χ3v) is 17.1. The maximum Gasteiger partial charge on any atom is 0.264 e. The molecule has 0 amide bonds. The second kappa shape index (κ2) is 9.67. The summed E-state index contributed by atoms with van der Waals surface area (Å²) in [5.41, 5.74) is 1.21. The highest BCUT2D eigenvalue weighted by molar-refractivity contribution is 7.86. The largest absolute Gasteiger partial charge is 0.543 e. The Bertz CT molecular complexity index is 919. The topological polar surface area (TPSA) is 61.8 Å². The molecule has 1 aromatic carbocycles. The molecular weight excluding hydrogens is 469 g/mol. The van der Waals surface area contributed by atoms with Crippen LogP contribution in [0.15, 0.2) is 18.2 Å². The number of rotatable bonds is 7. The van der Waals surface area contributed by atoms with Crippen LogP contribution in [-0.2, 0) is 14.3 Å². The summed E-state index contributed by atoms with van der Waals surface area (Å²) < 4.78 is 41.8. The van der Waals surface area contributed by atoms with Gasteiger partial charge in [0.15, 0.2) is 0 Å². The molecule has 190 valence electrons. The maximum absolute atomic E-state index is 11.5. The van der Waals surface area contributed by atoms with Crippen LogP contribution in [0.3, 0.4) is 0 Å². The third-order valence-electron chi connectivity index (χ3n) is 7.76. The van der Waals surface area contributed by atoms with Crippen molar-refractivity contribution in [3.8, 4) is 11.5 Å². The summed E-state index contributed by atoms with van der Waals surface area (Å²) in [4.78, 5) is 0. The van der Waals surface area contributed by atoms with Crippen molar-refractivity contribution in [3.05, 3.63) is 23.8 Å². The molecular formula is C25H46O5SSi2. The molecule has 1 saturated carbocycles. The second-order valence-electron chi connectivity index (χ2n) is 12.7. The molecule has 5 nitrogen and oxygen atoms in total. The first-order chi connectivity index (χ1) is 14.7. The van der Waals surface area contributed by atoms with Crippen LogP contribution < -0.4 is 8.85 Å². The number of hydrogen-bond acceptors (Lipinski definition) is 5. The smallest absolute Gasteiger partial charge is 0.264 e. The molecule has 2 rings (SSSR count). The maximum atomic E-state index is 11.5. The Morgan fingerprint density at radius 3 is 1.76 bits per heavy atom. The van der Waals surface area contributed by atoms with Gasteiger partial charge in [-0.05, 0) is 79.5 Å². The van der Waals surface area contributed by atoms with Crippen LogP contribution in [0, 0.1) is 0 Å². The third kappa shape index (κ3) is 7.57. The van der Waals surface area contributed by atoms with Gasteiger partial charge in [-0.15, -0.1) is 0 Å². The van der Waals surface area contributed by atoms with Gasteiger partial charge in [0.1, 0.15) is 11.5 Å². The highest BCUT2D eigenvalue weighted by Crippen LogP contribution is 2.45. The molecule has 1 aromatic rings. The Morgan fingerprint density at radius 1 is 0.818 bits per heavy atom. The van der Waals surface area contributed by atoms with E-state index in [4.69, 9.17) is 13.0 Å². The lowest BCUT2D eigenvalue weighted by Crippen LogP contribution is -2.44. The van der Waals surface area contributed by atoms with Crippen LogP contribution in [0.5, 0.6) is 11.5 Å². The molecule has 1 aliphatic rings. The quantitative estimate of drug-likeness (QED) is 0.279. The van der Waals surface area contributed by atoms with E-state index < -0.39 is 26.8 Å². The zero-order valence-electron chi connectivity index (χ0n) is 22.7. The van der Waals surface area contributed by atoms with Crippen molar-refractivity contribution < 1.29 is 21.5 Å². The Kier molecular flexibility index (Phi) is 8.32. The molecule has 0 bridgehead atoms. The molecule has 8 heteroatoms. The molecule has 0 aromatic heterocycles. The van der Waals surface area contributed by atoms with Gasteiger partial charge in [0.25, 0.3) is 10.1 Å². The fourth-order valence-corrected chi connectivity index (χ4v) is 6.34. The van der Waals surface area contributed by atoms with Gasteiger partial charge in [-0.1, -0.05) is 47.6 Å². The number of hydrogen-bond donors (Lipinski definition) is 0. The average molecular weight is 515 g/mol. The zero-order chi connectivity index (χ0) is 25.5. The minimum Gasteiger partial charge on any atom is -0.543 e.